The molecule has 3 aromatic carbocycles. The first-order valence-corrected chi connectivity index (χ1v) is 15.7. The summed E-state index contributed by atoms with van der Waals surface area (Å²) in [7, 11) is 1.53. The number of benzene rings is 3. The number of aromatic nitrogens is 3. The zero-order chi connectivity index (χ0) is 35.0. The van der Waals surface area contributed by atoms with Gasteiger partial charge >= 0.3 is 12.1 Å². The van der Waals surface area contributed by atoms with Gasteiger partial charge < -0.3 is 25.4 Å². The predicted molar refractivity (Wildman–Crippen MR) is 190 cm³/mol. The predicted octanol–water partition coefficient (Wildman–Crippen LogP) is 6.35. The van der Waals surface area contributed by atoms with Gasteiger partial charge in [-0.2, -0.15) is 5.10 Å². The lowest BCUT2D eigenvalue weighted by Crippen LogP contribution is -2.39. The highest BCUT2D eigenvalue weighted by Crippen LogP contribution is 2.35. The Labute approximate surface area is 284 Å². The molecule has 0 saturated heterocycles. The second kappa shape index (κ2) is 15.3. The second-order valence-electron chi connectivity index (χ2n) is 12.3. The fraction of sp³-hybridized carbons (Fsp3) is 0.250. The van der Waals surface area contributed by atoms with E-state index < -0.39 is 12.1 Å². The van der Waals surface area contributed by atoms with Crippen LogP contribution in [-0.2, 0) is 14.9 Å². The van der Waals surface area contributed by atoms with Gasteiger partial charge in [-0.1, -0.05) is 62.7 Å². The maximum absolute atomic E-state index is 13.4. The summed E-state index contributed by atoms with van der Waals surface area (Å²) in [6.07, 6.45) is 1.50. The Morgan fingerprint density at radius 3 is 2.33 bits per heavy atom. The molecular formula is C36H40N8O5. The van der Waals surface area contributed by atoms with E-state index >= 15 is 0 Å². The van der Waals surface area contributed by atoms with Gasteiger partial charge in [0.1, 0.15) is 23.1 Å². The molecule has 0 aliphatic carbocycles. The first-order valence-electron chi connectivity index (χ1n) is 15.7. The number of hydrogen-bond donors (Lipinski definition) is 5. The number of aryl methyl sites for hydroxylation is 1. The van der Waals surface area contributed by atoms with Crippen molar-refractivity contribution in [3.63, 3.8) is 0 Å². The first kappa shape index (κ1) is 34.4. The Morgan fingerprint density at radius 2 is 1.59 bits per heavy atom. The van der Waals surface area contributed by atoms with E-state index in [-0.39, 0.29) is 23.7 Å². The van der Waals surface area contributed by atoms with Crippen molar-refractivity contribution in [3.8, 4) is 17.2 Å². The summed E-state index contributed by atoms with van der Waals surface area (Å²) in [6, 6.07) is 23.1. The van der Waals surface area contributed by atoms with Crippen molar-refractivity contribution in [3.05, 3.63) is 96.3 Å². The number of carbonyl (C=O) groups is 3. The van der Waals surface area contributed by atoms with Gasteiger partial charge in [0.15, 0.2) is 0 Å². The summed E-state index contributed by atoms with van der Waals surface area (Å²) in [5, 5.41) is 20.0. The van der Waals surface area contributed by atoms with Crippen LogP contribution in [0.3, 0.4) is 0 Å². The summed E-state index contributed by atoms with van der Waals surface area (Å²) in [6.45, 7) is 8.75. The van der Waals surface area contributed by atoms with Gasteiger partial charge in [-0.15, -0.1) is 0 Å². The molecule has 2 aromatic heterocycles. The molecule has 0 bridgehead atoms. The molecule has 5 N–H and O–H groups in total. The van der Waals surface area contributed by atoms with Gasteiger partial charge in [-0.3, -0.25) is 15.4 Å². The van der Waals surface area contributed by atoms with E-state index in [2.05, 4.69) is 52.3 Å². The number of nitrogens with zero attached hydrogens (tertiary/aromatic N) is 3. The number of hydrogen-bond acceptors (Lipinski definition) is 7. The maximum Gasteiger partial charge on any atom is 0.324 e. The Hall–Kier alpha value is -5.95. The summed E-state index contributed by atoms with van der Waals surface area (Å²) < 4.78 is 12.8. The summed E-state index contributed by atoms with van der Waals surface area (Å²) in [5.41, 5.74) is 3.15. The lowest BCUT2D eigenvalue weighted by molar-refractivity contribution is -0.120. The molecule has 0 aliphatic rings. The van der Waals surface area contributed by atoms with Crippen LogP contribution in [0.15, 0.2) is 85.1 Å². The number of amides is 5. The first-order chi connectivity index (χ1) is 23.5. The van der Waals surface area contributed by atoms with Crippen molar-refractivity contribution in [2.75, 3.05) is 42.8 Å². The zero-order valence-corrected chi connectivity index (χ0v) is 28.1. The van der Waals surface area contributed by atoms with Crippen LogP contribution >= 0.6 is 0 Å². The summed E-state index contributed by atoms with van der Waals surface area (Å²) in [4.78, 5) is 41.7. The standard InChI is InChI=1S/C36H40N8O5/c1-23-10-12-24(13-11-23)44-32(21-30(43-44)36(2,3)4)42-35(47)40-28-14-15-29(27-9-7-6-8-26(27)28)49-25-16-17-37-31(20-25)41-34(46)39-22-33(45)38-18-19-48-5/h6-17,20-21H,18-19,22H2,1-5H3,(H,38,45)(H2,40,42,47)(H2,37,39,41,46). The normalized spacial score (nSPS) is 11.1. The highest BCUT2D eigenvalue weighted by atomic mass is 16.5. The zero-order valence-electron chi connectivity index (χ0n) is 28.1. The van der Waals surface area contributed by atoms with Crippen LogP contribution in [0.25, 0.3) is 16.5 Å². The second-order valence-corrected chi connectivity index (χ2v) is 12.3. The molecule has 0 unspecified atom stereocenters. The molecule has 0 atom stereocenters. The van der Waals surface area contributed by atoms with Crippen molar-refractivity contribution in [1.82, 2.24) is 25.4 Å². The van der Waals surface area contributed by atoms with Crippen LogP contribution in [-0.4, -0.2) is 59.5 Å². The highest BCUT2D eigenvalue weighted by Gasteiger charge is 2.22. The van der Waals surface area contributed by atoms with Crippen molar-refractivity contribution >= 4 is 46.1 Å². The van der Waals surface area contributed by atoms with Crippen LogP contribution in [0, 0.1) is 6.92 Å². The molecule has 0 aliphatic heterocycles. The van der Waals surface area contributed by atoms with Crippen LogP contribution in [0.2, 0.25) is 0 Å². The largest absolute Gasteiger partial charge is 0.457 e. The minimum atomic E-state index is -0.595. The third kappa shape index (κ3) is 9.11. The fourth-order valence-electron chi connectivity index (χ4n) is 4.80. The number of methoxy groups -OCH3 is 1. The van der Waals surface area contributed by atoms with Gasteiger partial charge in [0, 0.05) is 48.2 Å². The molecule has 2 heterocycles. The van der Waals surface area contributed by atoms with Crippen LogP contribution in [0.5, 0.6) is 11.5 Å². The number of nitrogens with one attached hydrogen (secondary N) is 5. The minimum absolute atomic E-state index is 0.204. The molecule has 0 radical (unpaired) electrons. The van der Waals surface area contributed by atoms with Crippen molar-refractivity contribution in [2.24, 2.45) is 0 Å². The topological polar surface area (TPSA) is 161 Å². The number of pyridine rings is 1. The Balaban J connectivity index is 1.28. The van der Waals surface area contributed by atoms with Crippen molar-refractivity contribution in [1.29, 1.82) is 0 Å². The van der Waals surface area contributed by atoms with Crippen LogP contribution < -0.4 is 31.3 Å². The highest BCUT2D eigenvalue weighted by molar-refractivity contribution is 6.07. The number of rotatable bonds is 11. The third-order valence-corrected chi connectivity index (χ3v) is 7.37. The molecule has 13 nitrogen and oxygen atoms in total. The number of fused-ring (bicyclic) bond motifs is 1. The fourth-order valence-corrected chi connectivity index (χ4v) is 4.80. The summed E-state index contributed by atoms with van der Waals surface area (Å²) >= 11 is 0. The van der Waals surface area contributed by atoms with Gasteiger partial charge in [0.2, 0.25) is 5.91 Å². The molecule has 0 spiro atoms. The molecule has 0 fully saturated rings. The Morgan fingerprint density at radius 1 is 0.837 bits per heavy atom. The van der Waals surface area contributed by atoms with Crippen LogP contribution in [0.1, 0.15) is 32.0 Å². The van der Waals surface area contributed by atoms with E-state index in [9.17, 15) is 14.4 Å². The van der Waals surface area contributed by atoms with E-state index in [0.717, 1.165) is 27.7 Å². The number of ether oxygens (including phenoxy) is 2. The SMILES string of the molecule is COCCNC(=O)CNC(=O)Nc1cc(Oc2ccc(NC(=O)Nc3cc(C(C)(C)C)nn3-c3ccc(C)cc3)c3ccccc23)ccn1. The Bertz CT molecular complexity index is 1950. The molecule has 254 valence electrons. The smallest absolute Gasteiger partial charge is 0.324 e. The molecule has 5 rings (SSSR count). The van der Waals surface area contributed by atoms with E-state index in [1.54, 1.807) is 28.9 Å². The Kier molecular flexibility index (Phi) is 10.7. The molecular weight excluding hydrogens is 624 g/mol. The molecule has 5 amide bonds. The van der Waals surface area contributed by atoms with Gasteiger partial charge in [-0.05, 0) is 37.3 Å². The quantitative estimate of drug-likeness (QED) is 0.103. The molecule has 5 aromatic rings. The summed E-state index contributed by atoms with van der Waals surface area (Å²) in [5.74, 6) is 1.38. The van der Waals surface area contributed by atoms with E-state index in [1.807, 2.05) is 61.5 Å². The lowest BCUT2D eigenvalue weighted by atomic mass is 9.92. The van der Waals surface area contributed by atoms with E-state index in [0.29, 0.717) is 36.2 Å². The van der Waals surface area contributed by atoms with E-state index in [4.69, 9.17) is 14.6 Å². The van der Waals surface area contributed by atoms with Gasteiger partial charge in [0.25, 0.3) is 0 Å². The van der Waals surface area contributed by atoms with E-state index in [1.165, 1.54) is 13.3 Å². The average Bonchev–Trinajstić information content (AvgIpc) is 3.50. The molecule has 0 saturated carbocycles. The minimum Gasteiger partial charge on any atom is -0.457 e. The van der Waals surface area contributed by atoms with Crippen LogP contribution in [0.4, 0.5) is 26.9 Å². The van der Waals surface area contributed by atoms with Crippen molar-refractivity contribution < 1.29 is 23.9 Å². The molecule has 49 heavy (non-hydrogen) atoms. The van der Waals surface area contributed by atoms with Crippen molar-refractivity contribution in [2.45, 2.75) is 33.1 Å². The molecule has 13 heteroatoms. The monoisotopic (exact) mass is 664 g/mol. The third-order valence-electron chi connectivity index (χ3n) is 7.37. The number of anilines is 3. The van der Waals surface area contributed by atoms with Gasteiger partial charge in [-0.25, -0.2) is 19.3 Å². The average molecular weight is 665 g/mol. The number of urea groups is 2. The lowest BCUT2D eigenvalue weighted by Gasteiger charge is -2.15. The maximum atomic E-state index is 13.4. The number of carbonyl (C=O) groups excluding carboxylic acids is 3. The van der Waals surface area contributed by atoms with Gasteiger partial charge in [0.05, 0.1) is 30.2 Å².